The normalized spacial score (nSPS) is 10.6. The number of anilines is 2. The van der Waals surface area contributed by atoms with Gasteiger partial charge in [-0.05, 0) is 0 Å². The molecule has 0 saturated heterocycles. The lowest BCUT2D eigenvalue weighted by Crippen LogP contribution is -2.10. The standard InChI is InChI=1S/C9H12N6O2/c1-15-4-12-6-7(11-3-2-5(16)17)13-9(10)14-8(6)15/h4H,2-3H2,1H3,(H,16,17)(H3,10,11,13,14). The van der Waals surface area contributed by atoms with Crippen LogP contribution in [0.3, 0.4) is 0 Å². The molecule has 0 fully saturated rings. The van der Waals surface area contributed by atoms with Gasteiger partial charge in [0.1, 0.15) is 0 Å². The van der Waals surface area contributed by atoms with Gasteiger partial charge in [0.15, 0.2) is 17.0 Å². The molecule has 2 aromatic rings. The highest BCUT2D eigenvalue weighted by molar-refractivity contribution is 5.84. The number of hydrogen-bond acceptors (Lipinski definition) is 6. The Bertz CT molecular complexity index is 564. The summed E-state index contributed by atoms with van der Waals surface area (Å²) in [6.45, 7) is 0.261. The van der Waals surface area contributed by atoms with Crippen molar-refractivity contribution < 1.29 is 9.90 Å². The number of nitrogen functional groups attached to an aromatic ring is 1. The summed E-state index contributed by atoms with van der Waals surface area (Å²) in [5.41, 5.74) is 6.75. The molecule has 2 aromatic heterocycles. The number of nitrogens with one attached hydrogen (secondary N) is 1. The van der Waals surface area contributed by atoms with Crippen molar-refractivity contribution in [1.29, 1.82) is 0 Å². The summed E-state index contributed by atoms with van der Waals surface area (Å²) in [5.74, 6) is -0.301. The molecule has 0 saturated carbocycles. The Kier molecular flexibility index (Phi) is 2.77. The van der Waals surface area contributed by atoms with Crippen molar-refractivity contribution in [3.8, 4) is 0 Å². The van der Waals surface area contributed by atoms with E-state index in [1.54, 1.807) is 17.9 Å². The Hall–Kier alpha value is -2.38. The quantitative estimate of drug-likeness (QED) is 0.674. The molecule has 2 rings (SSSR count). The average Bonchev–Trinajstić information content (AvgIpc) is 2.60. The van der Waals surface area contributed by atoms with E-state index in [9.17, 15) is 4.79 Å². The summed E-state index contributed by atoms with van der Waals surface area (Å²) in [6.07, 6.45) is 1.60. The summed E-state index contributed by atoms with van der Waals surface area (Å²) >= 11 is 0. The van der Waals surface area contributed by atoms with Crippen LogP contribution in [-0.2, 0) is 11.8 Å². The number of fused-ring (bicyclic) bond motifs is 1. The summed E-state index contributed by atoms with van der Waals surface area (Å²) in [5, 5.41) is 11.4. The Morgan fingerprint density at radius 1 is 1.59 bits per heavy atom. The molecule has 0 atom stereocenters. The maximum atomic E-state index is 10.4. The van der Waals surface area contributed by atoms with Crippen LogP contribution in [0, 0.1) is 0 Å². The largest absolute Gasteiger partial charge is 0.481 e. The van der Waals surface area contributed by atoms with E-state index in [-0.39, 0.29) is 18.9 Å². The van der Waals surface area contributed by atoms with Gasteiger partial charge in [-0.2, -0.15) is 9.97 Å². The van der Waals surface area contributed by atoms with Gasteiger partial charge in [-0.25, -0.2) is 4.98 Å². The zero-order chi connectivity index (χ0) is 12.4. The van der Waals surface area contributed by atoms with Crippen LogP contribution >= 0.6 is 0 Å². The molecule has 0 aliphatic carbocycles. The van der Waals surface area contributed by atoms with Gasteiger partial charge in [-0.15, -0.1) is 0 Å². The van der Waals surface area contributed by atoms with Gasteiger partial charge >= 0.3 is 5.97 Å². The number of carboxylic acids is 1. The first-order chi connectivity index (χ1) is 8.08. The first-order valence-corrected chi connectivity index (χ1v) is 4.98. The Morgan fingerprint density at radius 3 is 3.06 bits per heavy atom. The summed E-state index contributed by atoms with van der Waals surface area (Å²) in [7, 11) is 1.79. The fraction of sp³-hybridized carbons (Fsp3) is 0.333. The predicted octanol–water partition coefficient (Wildman–Crippen LogP) is -0.168. The highest BCUT2D eigenvalue weighted by atomic mass is 16.4. The molecule has 0 aliphatic heterocycles. The number of carboxylic acid groups (broad SMARTS) is 1. The number of imidazole rings is 1. The second kappa shape index (κ2) is 4.24. The minimum atomic E-state index is -0.878. The van der Waals surface area contributed by atoms with Gasteiger partial charge in [-0.3, -0.25) is 4.79 Å². The first-order valence-electron chi connectivity index (χ1n) is 4.98. The van der Waals surface area contributed by atoms with Crippen molar-refractivity contribution >= 4 is 28.9 Å². The number of aliphatic carboxylic acids is 1. The van der Waals surface area contributed by atoms with Gasteiger partial charge in [0.25, 0.3) is 0 Å². The number of nitrogens with two attached hydrogens (primary N) is 1. The zero-order valence-corrected chi connectivity index (χ0v) is 9.21. The fourth-order valence-corrected chi connectivity index (χ4v) is 1.43. The third-order valence-corrected chi connectivity index (χ3v) is 2.21. The van der Waals surface area contributed by atoms with Crippen LogP contribution in [0.4, 0.5) is 11.8 Å². The van der Waals surface area contributed by atoms with Gasteiger partial charge in [0, 0.05) is 13.6 Å². The molecule has 0 radical (unpaired) electrons. The van der Waals surface area contributed by atoms with E-state index in [1.165, 1.54) is 0 Å². The Balaban J connectivity index is 2.29. The summed E-state index contributed by atoms with van der Waals surface area (Å²) in [4.78, 5) is 22.6. The lowest BCUT2D eigenvalue weighted by molar-refractivity contribution is -0.136. The van der Waals surface area contributed by atoms with E-state index in [4.69, 9.17) is 10.8 Å². The highest BCUT2D eigenvalue weighted by Gasteiger charge is 2.10. The minimum absolute atomic E-state index is 0.00175. The van der Waals surface area contributed by atoms with Crippen molar-refractivity contribution in [1.82, 2.24) is 19.5 Å². The van der Waals surface area contributed by atoms with Crippen LogP contribution in [-0.4, -0.2) is 37.1 Å². The number of rotatable bonds is 4. The zero-order valence-electron chi connectivity index (χ0n) is 9.21. The second-order valence-electron chi connectivity index (χ2n) is 3.53. The second-order valence-corrected chi connectivity index (χ2v) is 3.53. The van der Waals surface area contributed by atoms with Crippen LogP contribution in [0.15, 0.2) is 6.33 Å². The molecule has 8 heteroatoms. The van der Waals surface area contributed by atoms with Crippen LogP contribution in [0.25, 0.3) is 11.2 Å². The molecule has 2 heterocycles. The van der Waals surface area contributed by atoms with Crippen LogP contribution in [0.2, 0.25) is 0 Å². The topological polar surface area (TPSA) is 119 Å². The van der Waals surface area contributed by atoms with E-state index in [0.29, 0.717) is 17.0 Å². The van der Waals surface area contributed by atoms with Crippen molar-refractivity contribution in [2.75, 3.05) is 17.6 Å². The number of aryl methyl sites for hydroxylation is 1. The fourth-order valence-electron chi connectivity index (χ4n) is 1.43. The van der Waals surface area contributed by atoms with Gasteiger partial charge in [0.05, 0.1) is 12.7 Å². The highest BCUT2D eigenvalue weighted by Crippen LogP contribution is 2.18. The van der Waals surface area contributed by atoms with Crippen LogP contribution in [0.5, 0.6) is 0 Å². The van der Waals surface area contributed by atoms with Crippen molar-refractivity contribution in [2.45, 2.75) is 6.42 Å². The molecule has 0 aliphatic rings. The van der Waals surface area contributed by atoms with Crippen molar-refractivity contribution in [2.24, 2.45) is 7.05 Å². The number of aromatic nitrogens is 4. The third kappa shape index (κ3) is 2.25. The minimum Gasteiger partial charge on any atom is -0.481 e. The summed E-state index contributed by atoms with van der Waals surface area (Å²) < 4.78 is 1.72. The number of hydrogen-bond donors (Lipinski definition) is 3. The number of nitrogens with zero attached hydrogens (tertiary/aromatic N) is 4. The van der Waals surface area contributed by atoms with E-state index >= 15 is 0 Å². The molecule has 0 amide bonds. The molecule has 0 bridgehead atoms. The smallest absolute Gasteiger partial charge is 0.305 e. The van der Waals surface area contributed by atoms with Crippen LogP contribution < -0.4 is 11.1 Å². The molecule has 0 spiro atoms. The number of carbonyl (C=O) groups is 1. The lowest BCUT2D eigenvalue weighted by atomic mass is 10.4. The molecular weight excluding hydrogens is 224 g/mol. The van der Waals surface area contributed by atoms with E-state index in [1.807, 2.05) is 0 Å². The molecule has 0 aromatic carbocycles. The molecular formula is C9H12N6O2. The Morgan fingerprint density at radius 2 is 2.35 bits per heavy atom. The van der Waals surface area contributed by atoms with Gasteiger partial charge in [0.2, 0.25) is 5.95 Å². The van der Waals surface area contributed by atoms with E-state index in [0.717, 1.165) is 0 Å². The SMILES string of the molecule is Cn1cnc2c(NCCC(=O)O)nc(N)nc21. The molecule has 8 nitrogen and oxygen atoms in total. The van der Waals surface area contributed by atoms with Gasteiger partial charge < -0.3 is 20.7 Å². The van der Waals surface area contributed by atoms with Crippen LogP contribution in [0.1, 0.15) is 6.42 Å². The van der Waals surface area contributed by atoms with E-state index < -0.39 is 5.97 Å². The van der Waals surface area contributed by atoms with Crippen molar-refractivity contribution in [3.63, 3.8) is 0 Å². The molecule has 17 heavy (non-hydrogen) atoms. The van der Waals surface area contributed by atoms with Crippen molar-refractivity contribution in [3.05, 3.63) is 6.33 Å². The lowest BCUT2D eigenvalue weighted by Gasteiger charge is -2.05. The third-order valence-electron chi connectivity index (χ3n) is 2.21. The van der Waals surface area contributed by atoms with Gasteiger partial charge in [-0.1, -0.05) is 0 Å². The Labute approximate surface area is 96.5 Å². The molecule has 90 valence electrons. The molecule has 0 unspecified atom stereocenters. The first kappa shape index (κ1) is 11.1. The maximum Gasteiger partial charge on any atom is 0.305 e. The average molecular weight is 236 g/mol. The predicted molar refractivity (Wildman–Crippen MR) is 61.5 cm³/mol. The monoisotopic (exact) mass is 236 g/mol. The van der Waals surface area contributed by atoms with E-state index in [2.05, 4.69) is 20.3 Å². The summed E-state index contributed by atoms with van der Waals surface area (Å²) in [6, 6.07) is 0. The maximum absolute atomic E-state index is 10.4. The molecule has 4 N–H and O–H groups in total.